The van der Waals surface area contributed by atoms with Crippen molar-refractivity contribution in [2.24, 2.45) is 10.9 Å². The van der Waals surface area contributed by atoms with Crippen molar-refractivity contribution < 1.29 is 9.53 Å². The maximum Gasteiger partial charge on any atom is 0.266 e. The van der Waals surface area contributed by atoms with Crippen molar-refractivity contribution in [2.45, 2.75) is 20.5 Å². The lowest BCUT2D eigenvalue weighted by atomic mass is 10.2. The third kappa shape index (κ3) is 7.27. The van der Waals surface area contributed by atoms with Gasteiger partial charge in [0.15, 0.2) is 5.17 Å². The second-order valence-corrected chi connectivity index (χ2v) is 13.2. The highest BCUT2D eigenvalue weighted by molar-refractivity contribution is 14.1. The quantitative estimate of drug-likeness (QED) is 0.177. The van der Waals surface area contributed by atoms with Crippen LogP contribution in [0.1, 0.15) is 25.0 Å². The largest absolute Gasteiger partial charge is 0.487 e. The van der Waals surface area contributed by atoms with Crippen molar-refractivity contribution in [1.29, 1.82) is 0 Å². The maximum atomic E-state index is 13.3. The molecule has 3 aromatic rings. The summed E-state index contributed by atoms with van der Waals surface area (Å²) in [7, 11) is 0. The number of halogens is 4. The van der Waals surface area contributed by atoms with Gasteiger partial charge in [-0.15, -0.1) is 0 Å². The van der Waals surface area contributed by atoms with Gasteiger partial charge in [-0.25, -0.2) is 4.99 Å². The monoisotopic (exact) mass is 806 g/mol. The summed E-state index contributed by atoms with van der Waals surface area (Å²) in [6.45, 7) is 5.28. The molecule has 0 bridgehead atoms. The number of nitrogens with zero attached hydrogens (tertiary/aromatic N) is 2. The van der Waals surface area contributed by atoms with Crippen LogP contribution in [0.2, 0.25) is 5.02 Å². The number of benzene rings is 3. The fraction of sp³-hybridized carbons (Fsp3) is 0.185. The molecule has 1 heterocycles. The predicted molar refractivity (Wildman–Crippen MR) is 171 cm³/mol. The molecule has 186 valence electrons. The molecule has 1 amide bonds. The highest BCUT2D eigenvalue weighted by Crippen LogP contribution is 2.36. The third-order valence-electron chi connectivity index (χ3n) is 5.10. The van der Waals surface area contributed by atoms with Crippen molar-refractivity contribution in [2.75, 3.05) is 6.54 Å². The summed E-state index contributed by atoms with van der Waals surface area (Å²) >= 11 is 15.5. The van der Waals surface area contributed by atoms with E-state index in [9.17, 15) is 4.79 Å². The molecule has 36 heavy (non-hydrogen) atoms. The number of hydrogen-bond acceptors (Lipinski definition) is 4. The van der Waals surface area contributed by atoms with Gasteiger partial charge >= 0.3 is 0 Å². The zero-order chi connectivity index (χ0) is 25.8. The smallest absolute Gasteiger partial charge is 0.266 e. The molecule has 0 spiro atoms. The van der Waals surface area contributed by atoms with Gasteiger partial charge in [0.2, 0.25) is 0 Å². The van der Waals surface area contributed by atoms with Crippen molar-refractivity contribution in [3.05, 3.63) is 93.3 Å². The van der Waals surface area contributed by atoms with Gasteiger partial charge in [0.05, 0.1) is 17.7 Å². The number of amidine groups is 1. The van der Waals surface area contributed by atoms with Gasteiger partial charge in [0.1, 0.15) is 12.4 Å². The van der Waals surface area contributed by atoms with Crippen LogP contribution in [0.15, 0.2) is 75.0 Å². The summed E-state index contributed by atoms with van der Waals surface area (Å²) in [5.74, 6) is 1.13. The molecule has 4 rings (SSSR count). The molecule has 0 unspecified atom stereocenters. The van der Waals surface area contributed by atoms with Gasteiger partial charge in [0, 0.05) is 16.0 Å². The summed E-state index contributed by atoms with van der Waals surface area (Å²) in [6, 6.07) is 19.5. The minimum atomic E-state index is -0.0259. The molecular formula is C27H22BrClI2N2O2S. The Morgan fingerprint density at radius 3 is 2.33 bits per heavy atom. The Labute approximate surface area is 256 Å². The summed E-state index contributed by atoms with van der Waals surface area (Å²) in [5, 5.41) is 1.34. The Morgan fingerprint density at radius 1 is 1.08 bits per heavy atom. The van der Waals surface area contributed by atoms with E-state index in [4.69, 9.17) is 21.3 Å². The molecule has 0 aromatic heterocycles. The second-order valence-electron chi connectivity index (χ2n) is 8.52. The van der Waals surface area contributed by atoms with Gasteiger partial charge in [-0.1, -0.05) is 53.5 Å². The molecule has 3 aromatic carbocycles. The highest BCUT2D eigenvalue weighted by Gasteiger charge is 2.33. The number of carbonyl (C=O) groups is 1. The molecular weight excluding hydrogens is 786 g/mol. The summed E-state index contributed by atoms with van der Waals surface area (Å²) in [6.07, 6.45) is 1.94. The van der Waals surface area contributed by atoms with Crippen molar-refractivity contribution in [3.63, 3.8) is 0 Å². The van der Waals surface area contributed by atoms with E-state index in [0.717, 1.165) is 34.2 Å². The van der Waals surface area contributed by atoms with E-state index in [1.54, 1.807) is 17.0 Å². The summed E-state index contributed by atoms with van der Waals surface area (Å²) in [5.41, 5.74) is 2.82. The number of amides is 1. The van der Waals surface area contributed by atoms with Crippen LogP contribution in [0.5, 0.6) is 5.75 Å². The Bertz CT molecular complexity index is 1310. The molecule has 0 saturated carbocycles. The fourth-order valence-electron chi connectivity index (χ4n) is 3.43. The molecule has 1 aliphatic heterocycles. The number of aliphatic imine (C=N–C) groups is 1. The van der Waals surface area contributed by atoms with Crippen LogP contribution in [0.4, 0.5) is 5.69 Å². The molecule has 9 heteroatoms. The van der Waals surface area contributed by atoms with E-state index >= 15 is 0 Å². The number of ether oxygens (including phenoxy) is 1. The van der Waals surface area contributed by atoms with Crippen molar-refractivity contribution >= 4 is 107 Å². The van der Waals surface area contributed by atoms with E-state index in [1.165, 1.54) is 11.8 Å². The lowest BCUT2D eigenvalue weighted by Crippen LogP contribution is -2.32. The van der Waals surface area contributed by atoms with Gasteiger partial charge in [-0.05, 0) is 129 Å². The summed E-state index contributed by atoms with van der Waals surface area (Å²) < 4.78 is 9.16. The first-order valence-corrected chi connectivity index (χ1v) is 15.3. The van der Waals surface area contributed by atoms with E-state index in [-0.39, 0.29) is 5.91 Å². The van der Waals surface area contributed by atoms with E-state index in [0.29, 0.717) is 34.2 Å². The standard InChI is InChI=1S/C27H22BrClI2N2O2S/c1-16(2)14-33-26(34)24(36-27(33)32-21-9-7-20(29)8-10-21)13-18-11-22(30)25(23(31)12-18)35-15-17-3-5-19(28)6-4-17/h3-13,16H,14-15H2,1-2H3/b24-13-,32-27?. The fourth-order valence-corrected chi connectivity index (χ4v) is 6.96. The third-order valence-corrected chi connectivity index (χ3v) is 8.49. The van der Waals surface area contributed by atoms with Gasteiger partial charge in [-0.2, -0.15) is 0 Å². The zero-order valence-electron chi connectivity index (χ0n) is 19.5. The Balaban J connectivity index is 1.57. The van der Waals surface area contributed by atoms with Gasteiger partial charge in [-0.3, -0.25) is 9.69 Å². The van der Waals surface area contributed by atoms with Gasteiger partial charge < -0.3 is 4.74 Å². The summed E-state index contributed by atoms with van der Waals surface area (Å²) in [4.78, 5) is 20.5. The van der Waals surface area contributed by atoms with Crippen LogP contribution < -0.4 is 4.74 Å². The normalized spacial score (nSPS) is 16.0. The van der Waals surface area contributed by atoms with Crippen LogP contribution in [0, 0.1) is 13.1 Å². The molecule has 0 aliphatic carbocycles. The average molecular weight is 808 g/mol. The molecule has 4 nitrogen and oxygen atoms in total. The molecule has 1 saturated heterocycles. The topological polar surface area (TPSA) is 41.9 Å². The predicted octanol–water partition coefficient (Wildman–Crippen LogP) is 9.15. The average Bonchev–Trinajstić information content (AvgIpc) is 3.09. The zero-order valence-corrected chi connectivity index (χ0v) is 26.9. The van der Waals surface area contributed by atoms with Crippen molar-refractivity contribution in [3.8, 4) is 5.75 Å². The number of hydrogen-bond donors (Lipinski definition) is 0. The Hall–Kier alpha value is -1.08. The highest BCUT2D eigenvalue weighted by atomic mass is 127. The minimum Gasteiger partial charge on any atom is -0.487 e. The first-order valence-electron chi connectivity index (χ1n) is 11.1. The van der Waals surface area contributed by atoms with E-state index in [1.807, 2.05) is 54.6 Å². The lowest BCUT2D eigenvalue weighted by Gasteiger charge is -2.17. The van der Waals surface area contributed by atoms with Crippen molar-refractivity contribution in [1.82, 2.24) is 4.90 Å². The molecule has 0 radical (unpaired) electrons. The molecule has 0 atom stereocenters. The van der Waals surface area contributed by atoms with Crippen LogP contribution in [-0.4, -0.2) is 22.5 Å². The SMILES string of the molecule is CC(C)CN1C(=O)/C(=C/c2cc(I)c(OCc3ccc(Br)cc3)c(I)c2)SC1=Nc1ccc(Cl)cc1. The van der Waals surface area contributed by atoms with Crippen LogP contribution in [0.25, 0.3) is 6.08 Å². The second kappa shape index (κ2) is 12.6. The minimum absolute atomic E-state index is 0.0259. The van der Waals surface area contributed by atoms with Crippen LogP contribution in [0.3, 0.4) is 0 Å². The molecule has 1 aliphatic rings. The molecule has 1 fully saturated rings. The Kier molecular flexibility index (Phi) is 9.81. The number of rotatable bonds is 7. The van der Waals surface area contributed by atoms with Crippen LogP contribution in [-0.2, 0) is 11.4 Å². The van der Waals surface area contributed by atoms with E-state index < -0.39 is 0 Å². The van der Waals surface area contributed by atoms with Gasteiger partial charge in [0.25, 0.3) is 5.91 Å². The van der Waals surface area contributed by atoms with Crippen LogP contribution >= 0.6 is 84.5 Å². The first kappa shape index (κ1) is 27.9. The first-order chi connectivity index (χ1) is 17.2. The number of thioether (sulfide) groups is 1. The number of carbonyl (C=O) groups excluding carboxylic acids is 1. The van der Waals surface area contributed by atoms with E-state index in [2.05, 4.69) is 75.0 Å². The lowest BCUT2D eigenvalue weighted by molar-refractivity contribution is -0.122. The Morgan fingerprint density at radius 2 is 1.72 bits per heavy atom. The maximum absolute atomic E-state index is 13.3. The molecule has 0 N–H and O–H groups in total.